The second kappa shape index (κ2) is 10.2. The summed E-state index contributed by atoms with van der Waals surface area (Å²) in [6.45, 7) is 12.7. The van der Waals surface area contributed by atoms with Gasteiger partial charge in [0, 0.05) is 48.7 Å². The molecule has 1 saturated heterocycles. The first kappa shape index (κ1) is 28.9. The van der Waals surface area contributed by atoms with Crippen molar-refractivity contribution in [1.29, 1.82) is 5.41 Å². The summed E-state index contributed by atoms with van der Waals surface area (Å²) < 4.78 is 25.6. The molecule has 202 valence electrons. The molecule has 0 amide bonds. The number of nitrogens with zero attached hydrogens (tertiary/aromatic N) is 2. The zero-order valence-electron chi connectivity index (χ0n) is 23.3. The van der Waals surface area contributed by atoms with Crippen LogP contribution < -0.4 is 0 Å². The number of sulfonamides is 1. The fourth-order valence-electron chi connectivity index (χ4n) is 4.98. The van der Waals surface area contributed by atoms with Gasteiger partial charge in [-0.05, 0) is 28.5 Å². The molecule has 3 rings (SSSR count). The third-order valence-electron chi connectivity index (χ3n) is 7.16. The highest BCUT2D eigenvalue weighted by molar-refractivity contribution is 7.88. The Balaban J connectivity index is 1.96. The number of phenols is 1. The van der Waals surface area contributed by atoms with E-state index in [0.29, 0.717) is 17.9 Å². The lowest BCUT2D eigenvalue weighted by Gasteiger charge is -2.28. The third-order valence-corrected chi connectivity index (χ3v) is 8.44. The van der Waals surface area contributed by atoms with Gasteiger partial charge in [0.1, 0.15) is 11.6 Å². The summed E-state index contributed by atoms with van der Waals surface area (Å²) in [5.74, 6) is -0.0775. The van der Waals surface area contributed by atoms with Crippen LogP contribution in [-0.4, -0.2) is 67.3 Å². The Bertz CT molecular complexity index is 1240. The van der Waals surface area contributed by atoms with Gasteiger partial charge in [0.2, 0.25) is 10.0 Å². The minimum atomic E-state index is -3.38. The molecule has 0 saturated carbocycles. The molecule has 1 fully saturated rings. The van der Waals surface area contributed by atoms with Crippen molar-refractivity contribution in [3.63, 3.8) is 0 Å². The Hall–Kier alpha value is -2.71. The van der Waals surface area contributed by atoms with Crippen molar-refractivity contribution >= 4 is 21.6 Å². The molecule has 0 unspecified atom stereocenters. The molecule has 0 aromatic heterocycles. The number of benzene rings is 2. The molecular weight excluding hydrogens is 486 g/mol. The molecule has 7 nitrogen and oxygen atoms in total. The van der Waals surface area contributed by atoms with Gasteiger partial charge in [-0.25, -0.2) is 12.7 Å². The number of amidine groups is 1. The Morgan fingerprint density at radius 2 is 1.57 bits per heavy atom. The average molecular weight is 528 g/mol. The predicted octanol–water partition coefficient (Wildman–Crippen LogP) is 4.75. The number of carbonyl (C=O) groups is 1. The molecule has 1 heterocycles. The fourth-order valence-corrected chi connectivity index (χ4v) is 5.44. The van der Waals surface area contributed by atoms with Gasteiger partial charge in [-0.3, -0.25) is 10.2 Å². The summed E-state index contributed by atoms with van der Waals surface area (Å²) in [5, 5.41) is 20.0. The van der Waals surface area contributed by atoms with Crippen LogP contribution in [0.15, 0.2) is 42.5 Å². The minimum Gasteiger partial charge on any atom is -0.507 e. The number of rotatable bonds is 7. The maximum Gasteiger partial charge on any atom is 0.210 e. The Kier molecular flexibility index (Phi) is 7.97. The summed E-state index contributed by atoms with van der Waals surface area (Å²) in [6, 6.07) is 13.2. The van der Waals surface area contributed by atoms with E-state index in [-0.39, 0.29) is 47.3 Å². The molecule has 1 aliphatic heterocycles. The Morgan fingerprint density at radius 1 is 1.05 bits per heavy atom. The Labute approximate surface area is 222 Å². The summed E-state index contributed by atoms with van der Waals surface area (Å²) in [7, 11) is -1.84. The van der Waals surface area contributed by atoms with Gasteiger partial charge in [-0.15, -0.1) is 0 Å². The molecule has 2 N–H and O–H groups in total. The molecular formula is C29H41N3O4S. The number of carbonyl (C=O) groups excluding carboxylic acids is 1. The first-order valence-corrected chi connectivity index (χ1v) is 14.5. The first-order chi connectivity index (χ1) is 16.9. The standard InChI is InChI=1S/C29H41N3O4S/c1-28(2,3)22-14-20(15-23(26(22)34)29(4,5)6)24(33)18-32-17-21(16-31(7)37(8,35)36)25(27(32)30)19-12-10-9-11-13-19/h9-15,21,25,30,34H,16-18H2,1-8H3/t21-,25+/m0/s1. The van der Waals surface area contributed by atoms with Gasteiger partial charge in [0.25, 0.3) is 0 Å². The smallest absolute Gasteiger partial charge is 0.210 e. The summed E-state index contributed by atoms with van der Waals surface area (Å²) in [4.78, 5) is 15.4. The maximum absolute atomic E-state index is 13.6. The van der Waals surface area contributed by atoms with Crippen LogP contribution in [0, 0.1) is 11.3 Å². The van der Waals surface area contributed by atoms with E-state index in [1.54, 1.807) is 24.1 Å². The van der Waals surface area contributed by atoms with Crippen LogP contribution >= 0.6 is 0 Å². The quantitative estimate of drug-likeness (QED) is 0.506. The summed E-state index contributed by atoms with van der Waals surface area (Å²) in [6.07, 6.45) is 1.18. The number of phenolic OH excluding ortho intramolecular Hbond substituents is 1. The first-order valence-electron chi connectivity index (χ1n) is 12.6. The molecule has 1 aliphatic rings. The van der Waals surface area contributed by atoms with Crippen molar-refractivity contribution in [2.24, 2.45) is 5.92 Å². The van der Waals surface area contributed by atoms with E-state index in [1.807, 2.05) is 71.9 Å². The van der Waals surface area contributed by atoms with Crippen molar-refractivity contribution in [2.75, 3.05) is 32.9 Å². The van der Waals surface area contributed by atoms with Gasteiger partial charge in [0.05, 0.1) is 12.8 Å². The molecule has 0 radical (unpaired) electrons. The van der Waals surface area contributed by atoms with Crippen molar-refractivity contribution in [3.8, 4) is 5.75 Å². The van der Waals surface area contributed by atoms with Gasteiger partial charge in [-0.2, -0.15) is 0 Å². The number of Topliss-reactive ketones (excluding diaryl/α,β-unsaturated/α-hetero) is 1. The molecule has 0 spiro atoms. The van der Waals surface area contributed by atoms with Crippen LogP contribution in [0.25, 0.3) is 0 Å². The zero-order chi connectivity index (χ0) is 27.9. The van der Waals surface area contributed by atoms with Gasteiger partial charge in [-0.1, -0.05) is 71.9 Å². The van der Waals surface area contributed by atoms with Crippen LogP contribution in [0.2, 0.25) is 0 Å². The predicted molar refractivity (Wildman–Crippen MR) is 149 cm³/mol. The topological polar surface area (TPSA) is 102 Å². The molecule has 2 atom stereocenters. The molecule has 8 heteroatoms. The van der Waals surface area contributed by atoms with Crippen LogP contribution in [0.3, 0.4) is 0 Å². The highest BCUT2D eigenvalue weighted by atomic mass is 32.2. The number of aromatic hydroxyl groups is 1. The lowest BCUT2D eigenvalue weighted by atomic mass is 9.78. The van der Waals surface area contributed by atoms with E-state index >= 15 is 0 Å². The normalized spacial score (nSPS) is 19.1. The van der Waals surface area contributed by atoms with Gasteiger partial charge < -0.3 is 10.0 Å². The van der Waals surface area contributed by atoms with Gasteiger partial charge >= 0.3 is 0 Å². The molecule has 2 aromatic rings. The molecule has 0 aliphatic carbocycles. The van der Waals surface area contributed by atoms with E-state index in [4.69, 9.17) is 5.41 Å². The largest absolute Gasteiger partial charge is 0.507 e. The highest BCUT2D eigenvalue weighted by Crippen LogP contribution is 2.40. The molecule has 37 heavy (non-hydrogen) atoms. The summed E-state index contributed by atoms with van der Waals surface area (Å²) >= 11 is 0. The van der Waals surface area contributed by atoms with Crippen LogP contribution in [0.4, 0.5) is 0 Å². The van der Waals surface area contributed by atoms with Crippen LogP contribution in [-0.2, 0) is 20.9 Å². The summed E-state index contributed by atoms with van der Waals surface area (Å²) in [5.41, 5.74) is 2.16. The molecule has 2 aromatic carbocycles. The average Bonchev–Trinajstić information content (AvgIpc) is 3.06. The number of hydrogen-bond acceptors (Lipinski definition) is 5. The number of nitrogens with one attached hydrogen (secondary N) is 1. The lowest BCUT2D eigenvalue weighted by molar-refractivity contribution is 0.0962. The van der Waals surface area contributed by atoms with E-state index in [0.717, 1.165) is 16.7 Å². The van der Waals surface area contributed by atoms with Crippen molar-refractivity contribution < 1.29 is 18.3 Å². The number of hydrogen-bond donors (Lipinski definition) is 2. The molecule has 0 bridgehead atoms. The van der Waals surface area contributed by atoms with Crippen LogP contribution in [0.5, 0.6) is 5.75 Å². The van der Waals surface area contributed by atoms with E-state index in [2.05, 4.69) is 0 Å². The lowest BCUT2D eigenvalue weighted by Crippen LogP contribution is -2.34. The maximum atomic E-state index is 13.6. The van der Waals surface area contributed by atoms with Gasteiger partial charge in [0.15, 0.2) is 5.78 Å². The van der Waals surface area contributed by atoms with E-state index in [1.165, 1.54) is 10.6 Å². The SMILES string of the molecule is CN(C[C@H]1CN(CC(=O)c2cc(C(C)(C)C)c(O)c(C(C)(C)C)c2)C(=N)[C@@H]1c1ccccc1)S(C)(=O)=O. The zero-order valence-corrected chi connectivity index (χ0v) is 24.1. The Morgan fingerprint density at radius 3 is 2.03 bits per heavy atom. The number of likely N-dealkylation sites (tertiary alicyclic amines) is 1. The second-order valence-corrected chi connectivity index (χ2v) is 14.4. The van der Waals surface area contributed by atoms with Crippen molar-refractivity contribution in [1.82, 2.24) is 9.21 Å². The highest BCUT2D eigenvalue weighted by Gasteiger charge is 2.40. The third kappa shape index (κ3) is 6.41. The minimum absolute atomic E-state index is 0.0131. The fraction of sp³-hybridized carbons (Fsp3) is 0.517. The monoisotopic (exact) mass is 527 g/mol. The van der Waals surface area contributed by atoms with Crippen molar-refractivity contribution in [2.45, 2.75) is 58.3 Å². The van der Waals surface area contributed by atoms with E-state index < -0.39 is 10.0 Å². The van der Waals surface area contributed by atoms with E-state index in [9.17, 15) is 18.3 Å². The number of ketones is 1. The van der Waals surface area contributed by atoms with Crippen molar-refractivity contribution in [3.05, 3.63) is 64.7 Å². The second-order valence-electron chi connectivity index (χ2n) is 12.3. The van der Waals surface area contributed by atoms with Crippen LogP contribution in [0.1, 0.15) is 74.5 Å².